The molecular weight excluding hydrogens is 290 g/mol. The quantitative estimate of drug-likeness (QED) is 0.809. The third kappa shape index (κ3) is 3.75. The fourth-order valence-corrected chi connectivity index (χ4v) is 3.91. The molecule has 0 aromatic heterocycles. The van der Waals surface area contributed by atoms with Gasteiger partial charge in [-0.2, -0.15) is 0 Å². The topological polar surface area (TPSA) is 75.6 Å². The summed E-state index contributed by atoms with van der Waals surface area (Å²) in [6.45, 7) is 4.19. The fraction of sp³-hybridized carbons (Fsp3) is 0.600. The van der Waals surface area contributed by atoms with Crippen LogP contribution in [0.1, 0.15) is 45.1 Å². The zero-order valence-electron chi connectivity index (χ0n) is 12.6. The van der Waals surface area contributed by atoms with Gasteiger partial charge in [-0.1, -0.05) is 6.92 Å². The molecule has 0 saturated heterocycles. The second-order valence-electron chi connectivity index (χ2n) is 5.80. The Hall–Kier alpha value is -1.11. The van der Waals surface area contributed by atoms with E-state index in [1.165, 1.54) is 12.1 Å². The van der Waals surface area contributed by atoms with Crippen LogP contribution < -0.4 is 9.46 Å². The summed E-state index contributed by atoms with van der Waals surface area (Å²) in [6.07, 6.45) is 3.61. The van der Waals surface area contributed by atoms with E-state index in [0.29, 0.717) is 17.9 Å². The van der Waals surface area contributed by atoms with Gasteiger partial charge in [-0.15, -0.1) is 0 Å². The molecule has 0 bridgehead atoms. The molecule has 1 aromatic rings. The molecule has 0 atom stereocenters. The van der Waals surface area contributed by atoms with Gasteiger partial charge in [0, 0.05) is 11.1 Å². The lowest BCUT2D eigenvalue weighted by atomic mass is 9.80. The molecular formula is C15H23NO4S. The highest BCUT2D eigenvalue weighted by Gasteiger charge is 2.36. The van der Waals surface area contributed by atoms with Crippen molar-refractivity contribution in [2.24, 2.45) is 0 Å². The molecule has 1 saturated carbocycles. The monoisotopic (exact) mass is 313 g/mol. The van der Waals surface area contributed by atoms with Gasteiger partial charge in [0.05, 0.1) is 18.1 Å². The molecule has 118 valence electrons. The van der Waals surface area contributed by atoms with E-state index in [2.05, 4.69) is 4.72 Å². The van der Waals surface area contributed by atoms with Crippen molar-refractivity contribution in [1.82, 2.24) is 4.72 Å². The van der Waals surface area contributed by atoms with Crippen molar-refractivity contribution in [2.45, 2.75) is 56.6 Å². The summed E-state index contributed by atoms with van der Waals surface area (Å²) in [7, 11) is -3.57. The van der Waals surface area contributed by atoms with E-state index in [1.807, 2.05) is 13.8 Å². The van der Waals surface area contributed by atoms with Gasteiger partial charge >= 0.3 is 0 Å². The maximum absolute atomic E-state index is 12.4. The SMILES string of the molecule is CCCOc1ccc(S(=O)(=O)NC2(C)CCC2)cc1CO. The van der Waals surface area contributed by atoms with Crippen LogP contribution in [0.25, 0.3) is 0 Å². The lowest BCUT2D eigenvalue weighted by Gasteiger charge is -2.38. The fourth-order valence-electron chi connectivity index (χ4n) is 2.39. The van der Waals surface area contributed by atoms with Crippen LogP contribution in [0.4, 0.5) is 0 Å². The molecule has 1 aromatic carbocycles. The molecule has 0 radical (unpaired) electrons. The van der Waals surface area contributed by atoms with Gasteiger partial charge in [-0.05, 0) is 50.8 Å². The highest BCUT2D eigenvalue weighted by molar-refractivity contribution is 7.89. The Bertz CT molecular complexity index is 594. The maximum atomic E-state index is 12.4. The Morgan fingerprint density at radius 2 is 2.10 bits per heavy atom. The number of aliphatic hydroxyl groups is 1. The minimum atomic E-state index is -3.57. The largest absolute Gasteiger partial charge is 0.493 e. The van der Waals surface area contributed by atoms with Crippen LogP contribution in [0.2, 0.25) is 0 Å². The predicted molar refractivity (Wildman–Crippen MR) is 80.7 cm³/mol. The van der Waals surface area contributed by atoms with Crippen molar-refractivity contribution in [2.75, 3.05) is 6.61 Å². The second-order valence-corrected chi connectivity index (χ2v) is 7.48. The first-order valence-corrected chi connectivity index (χ1v) is 8.79. The molecule has 0 amide bonds. The Morgan fingerprint density at radius 3 is 2.62 bits per heavy atom. The van der Waals surface area contributed by atoms with Gasteiger partial charge < -0.3 is 9.84 Å². The van der Waals surface area contributed by atoms with Crippen molar-refractivity contribution in [3.63, 3.8) is 0 Å². The van der Waals surface area contributed by atoms with Gasteiger partial charge in [0.25, 0.3) is 0 Å². The van der Waals surface area contributed by atoms with Gasteiger partial charge in [0.15, 0.2) is 0 Å². The molecule has 0 aliphatic heterocycles. The lowest BCUT2D eigenvalue weighted by Crippen LogP contribution is -2.50. The van der Waals surface area contributed by atoms with Crippen molar-refractivity contribution in [3.05, 3.63) is 23.8 Å². The van der Waals surface area contributed by atoms with Crippen LogP contribution in [0, 0.1) is 0 Å². The molecule has 0 unspecified atom stereocenters. The van der Waals surface area contributed by atoms with Crippen LogP contribution in [0.3, 0.4) is 0 Å². The van der Waals surface area contributed by atoms with Crippen LogP contribution in [0.15, 0.2) is 23.1 Å². The molecule has 1 fully saturated rings. The smallest absolute Gasteiger partial charge is 0.241 e. The van der Waals surface area contributed by atoms with Crippen molar-refractivity contribution >= 4 is 10.0 Å². The normalized spacial score (nSPS) is 17.3. The van der Waals surface area contributed by atoms with Crippen LogP contribution in [0.5, 0.6) is 5.75 Å². The Morgan fingerprint density at radius 1 is 1.38 bits per heavy atom. The van der Waals surface area contributed by atoms with E-state index in [-0.39, 0.29) is 17.0 Å². The third-order valence-corrected chi connectivity index (χ3v) is 5.45. The summed E-state index contributed by atoms with van der Waals surface area (Å²) in [5.41, 5.74) is 0.153. The minimum Gasteiger partial charge on any atom is -0.493 e. The number of benzene rings is 1. The van der Waals surface area contributed by atoms with Crippen molar-refractivity contribution in [3.8, 4) is 5.75 Å². The summed E-state index contributed by atoms with van der Waals surface area (Å²) < 4.78 is 33.1. The van der Waals surface area contributed by atoms with Crippen LogP contribution in [-0.4, -0.2) is 25.7 Å². The highest BCUT2D eigenvalue weighted by atomic mass is 32.2. The third-order valence-electron chi connectivity index (χ3n) is 3.81. The number of hydrogen-bond donors (Lipinski definition) is 2. The van der Waals surface area contributed by atoms with E-state index in [4.69, 9.17) is 4.74 Å². The summed E-state index contributed by atoms with van der Waals surface area (Å²) in [6, 6.07) is 4.61. The van der Waals surface area contributed by atoms with Crippen LogP contribution >= 0.6 is 0 Å². The number of aliphatic hydroxyl groups excluding tert-OH is 1. The summed E-state index contributed by atoms with van der Waals surface area (Å²) in [5.74, 6) is 0.535. The molecule has 6 heteroatoms. The summed E-state index contributed by atoms with van der Waals surface area (Å²) >= 11 is 0. The van der Waals surface area contributed by atoms with Crippen LogP contribution in [-0.2, 0) is 16.6 Å². The Balaban J connectivity index is 2.23. The van der Waals surface area contributed by atoms with E-state index in [1.54, 1.807) is 6.07 Å². The standard InChI is InChI=1S/C15H23NO4S/c1-3-9-20-14-6-5-13(10-12(14)11-17)21(18,19)16-15(2)7-4-8-15/h5-6,10,16-17H,3-4,7-9,11H2,1-2H3. The first-order chi connectivity index (χ1) is 9.90. The average molecular weight is 313 g/mol. The molecule has 1 aliphatic rings. The highest BCUT2D eigenvalue weighted by Crippen LogP contribution is 2.33. The summed E-state index contributed by atoms with van der Waals surface area (Å²) in [4.78, 5) is 0.170. The van der Waals surface area contributed by atoms with E-state index in [0.717, 1.165) is 25.7 Å². The number of hydrogen-bond acceptors (Lipinski definition) is 4. The lowest BCUT2D eigenvalue weighted by molar-refractivity contribution is 0.248. The molecule has 2 N–H and O–H groups in total. The maximum Gasteiger partial charge on any atom is 0.241 e. The van der Waals surface area contributed by atoms with Gasteiger partial charge in [-0.3, -0.25) is 0 Å². The molecule has 1 aliphatic carbocycles. The number of sulfonamides is 1. The molecule has 5 nitrogen and oxygen atoms in total. The average Bonchev–Trinajstić information content (AvgIpc) is 2.42. The zero-order chi connectivity index (χ0) is 15.5. The second kappa shape index (κ2) is 6.34. The summed E-state index contributed by atoms with van der Waals surface area (Å²) in [5, 5.41) is 9.40. The predicted octanol–water partition coefficient (Wildman–Crippen LogP) is 2.19. The molecule has 0 heterocycles. The minimum absolute atomic E-state index is 0.170. The number of nitrogens with one attached hydrogen (secondary N) is 1. The molecule has 21 heavy (non-hydrogen) atoms. The van der Waals surface area contributed by atoms with E-state index < -0.39 is 10.0 Å². The number of ether oxygens (including phenoxy) is 1. The van der Waals surface area contributed by atoms with Crippen molar-refractivity contribution < 1.29 is 18.3 Å². The molecule has 2 rings (SSSR count). The zero-order valence-corrected chi connectivity index (χ0v) is 13.4. The van der Waals surface area contributed by atoms with E-state index >= 15 is 0 Å². The first-order valence-electron chi connectivity index (χ1n) is 7.31. The first kappa shape index (κ1) is 16.3. The van der Waals surface area contributed by atoms with Gasteiger partial charge in [-0.25, -0.2) is 13.1 Å². The molecule has 0 spiro atoms. The number of rotatable bonds is 7. The Kier molecular flexibility index (Phi) is 4.91. The van der Waals surface area contributed by atoms with E-state index in [9.17, 15) is 13.5 Å². The van der Waals surface area contributed by atoms with Gasteiger partial charge in [0.1, 0.15) is 5.75 Å². The van der Waals surface area contributed by atoms with Crippen molar-refractivity contribution in [1.29, 1.82) is 0 Å². The van der Waals surface area contributed by atoms with Gasteiger partial charge in [0.2, 0.25) is 10.0 Å². The Labute approximate surface area is 126 Å².